The predicted octanol–water partition coefficient (Wildman–Crippen LogP) is 3.86. The second-order valence-corrected chi connectivity index (χ2v) is 5.02. The molecule has 1 amide bonds. The number of nitrogens with zero attached hydrogens (tertiary/aromatic N) is 1. The zero-order valence-electron chi connectivity index (χ0n) is 11.6. The van der Waals surface area contributed by atoms with Gasteiger partial charge < -0.3 is 9.64 Å². The summed E-state index contributed by atoms with van der Waals surface area (Å²) in [6, 6.07) is 2.69. The molecule has 21 heavy (non-hydrogen) atoms. The van der Waals surface area contributed by atoms with Gasteiger partial charge in [0, 0.05) is 6.54 Å². The third-order valence-electron chi connectivity index (χ3n) is 2.51. The van der Waals surface area contributed by atoms with Crippen LogP contribution >= 0.6 is 11.6 Å². The minimum absolute atomic E-state index is 0.00763. The van der Waals surface area contributed by atoms with Crippen molar-refractivity contribution in [1.29, 1.82) is 0 Å². The summed E-state index contributed by atoms with van der Waals surface area (Å²) in [5.74, 6) is 0. The van der Waals surface area contributed by atoms with Crippen molar-refractivity contribution in [2.75, 3.05) is 32.6 Å². The topological polar surface area (TPSA) is 41.6 Å². The molecule has 1 aromatic rings. The van der Waals surface area contributed by atoms with Gasteiger partial charge in [0.15, 0.2) is 0 Å². The Balaban J connectivity index is 2.59. The molecule has 0 unspecified atom stereocenters. The average molecular weight is 325 g/mol. The van der Waals surface area contributed by atoms with Crippen molar-refractivity contribution in [2.24, 2.45) is 0 Å². The normalized spacial score (nSPS) is 11.6. The van der Waals surface area contributed by atoms with Crippen LogP contribution in [0, 0.1) is 0 Å². The standard InChI is InChI=1S/C13H16ClF3N2O2/c1-19(2)6-3-7-21-12(20)18-11-8-9(13(15,16)17)4-5-10(11)14/h4-5,8H,3,6-7H2,1-2H3,(H,18,20). The molecule has 1 rings (SSSR count). The minimum Gasteiger partial charge on any atom is -0.449 e. The third-order valence-corrected chi connectivity index (χ3v) is 2.84. The highest BCUT2D eigenvalue weighted by atomic mass is 35.5. The molecule has 0 spiro atoms. The first kappa shape index (κ1) is 17.6. The minimum atomic E-state index is -4.50. The quantitative estimate of drug-likeness (QED) is 0.836. The van der Waals surface area contributed by atoms with Gasteiger partial charge in [0.25, 0.3) is 0 Å². The van der Waals surface area contributed by atoms with Crippen LogP contribution in [0.2, 0.25) is 5.02 Å². The molecule has 8 heteroatoms. The fourth-order valence-corrected chi connectivity index (χ4v) is 1.65. The fourth-order valence-electron chi connectivity index (χ4n) is 1.49. The SMILES string of the molecule is CN(C)CCCOC(=O)Nc1cc(C(F)(F)F)ccc1Cl. The zero-order chi connectivity index (χ0) is 16.0. The van der Waals surface area contributed by atoms with E-state index in [2.05, 4.69) is 5.32 Å². The molecule has 0 heterocycles. The molecule has 0 aromatic heterocycles. The number of hydrogen-bond acceptors (Lipinski definition) is 3. The van der Waals surface area contributed by atoms with E-state index in [-0.39, 0.29) is 17.3 Å². The summed E-state index contributed by atoms with van der Waals surface area (Å²) in [5.41, 5.74) is -1.03. The van der Waals surface area contributed by atoms with Crippen LogP contribution in [0.4, 0.5) is 23.7 Å². The number of halogens is 4. The molecule has 0 fully saturated rings. The summed E-state index contributed by atoms with van der Waals surface area (Å²) in [6.07, 6.45) is -4.72. The van der Waals surface area contributed by atoms with Gasteiger partial charge in [-0.25, -0.2) is 4.79 Å². The van der Waals surface area contributed by atoms with Gasteiger partial charge >= 0.3 is 12.3 Å². The summed E-state index contributed by atoms with van der Waals surface area (Å²) in [7, 11) is 3.75. The lowest BCUT2D eigenvalue weighted by Gasteiger charge is -2.12. The molecule has 0 bridgehead atoms. The fraction of sp³-hybridized carbons (Fsp3) is 0.462. The first-order chi connectivity index (χ1) is 9.70. The number of rotatable bonds is 5. The maximum atomic E-state index is 12.6. The van der Waals surface area contributed by atoms with E-state index in [9.17, 15) is 18.0 Å². The molecule has 0 radical (unpaired) electrons. The highest BCUT2D eigenvalue weighted by Gasteiger charge is 2.31. The third kappa shape index (κ3) is 6.22. The molecular weight excluding hydrogens is 309 g/mol. The van der Waals surface area contributed by atoms with Crippen LogP contribution in [0.1, 0.15) is 12.0 Å². The molecule has 0 saturated heterocycles. The Labute approximate surface area is 125 Å². The van der Waals surface area contributed by atoms with Crippen LogP contribution in [-0.2, 0) is 10.9 Å². The molecule has 0 aliphatic heterocycles. The Morgan fingerprint density at radius 2 is 2.05 bits per heavy atom. The van der Waals surface area contributed by atoms with E-state index in [1.807, 2.05) is 19.0 Å². The first-order valence-corrected chi connectivity index (χ1v) is 6.53. The molecule has 0 aliphatic rings. The van der Waals surface area contributed by atoms with E-state index < -0.39 is 17.8 Å². The number of anilines is 1. The van der Waals surface area contributed by atoms with Crippen molar-refractivity contribution in [1.82, 2.24) is 4.90 Å². The van der Waals surface area contributed by atoms with Crippen LogP contribution in [0.5, 0.6) is 0 Å². The number of carbonyl (C=O) groups is 1. The van der Waals surface area contributed by atoms with Crippen molar-refractivity contribution >= 4 is 23.4 Å². The molecule has 1 aromatic carbocycles. The maximum absolute atomic E-state index is 12.6. The van der Waals surface area contributed by atoms with E-state index in [1.54, 1.807) is 0 Å². The molecule has 118 valence electrons. The summed E-state index contributed by atoms with van der Waals surface area (Å²) in [6.45, 7) is 0.901. The van der Waals surface area contributed by atoms with Gasteiger partial charge in [-0.1, -0.05) is 11.6 Å². The summed E-state index contributed by atoms with van der Waals surface area (Å²) < 4.78 is 42.6. The summed E-state index contributed by atoms with van der Waals surface area (Å²) >= 11 is 5.75. The molecule has 1 N–H and O–H groups in total. The molecule has 0 atom stereocenters. The van der Waals surface area contributed by atoms with Crippen molar-refractivity contribution in [3.63, 3.8) is 0 Å². The van der Waals surface area contributed by atoms with Gasteiger partial charge in [-0.2, -0.15) is 13.2 Å². The lowest BCUT2D eigenvalue weighted by atomic mass is 10.2. The van der Waals surface area contributed by atoms with Gasteiger partial charge in [-0.05, 0) is 38.7 Å². The van der Waals surface area contributed by atoms with Gasteiger partial charge in [0.2, 0.25) is 0 Å². The van der Waals surface area contributed by atoms with E-state index >= 15 is 0 Å². The van der Waals surface area contributed by atoms with Gasteiger partial charge in [-0.3, -0.25) is 5.32 Å². The lowest BCUT2D eigenvalue weighted by Crippen LogP contribution is -2.19. The summed E-state index contributed by atoms with van der Waals surface area (Å²) in [4.78, 5) is 13.4. The number of nitrogens with one attached hydrogen (secondary N) is 1. The Bertz CT molecular complexity index is 493. The second-order valence-electron chi connectivity index (χ2n) is 4.61. The zero-order valence-corrected chi connectivity index (χ0v) is 12.4. The second kappa shape index (κ2) is 7.51. The van der Waals surface area contributed by atoms with Crippen molar-refractivity contribution in [2.45, 2.75) is 12.6 Å². The monoisotopic (exact) mass is 324 g/mol. The van der Waals surface area contributed by atoms with Crippen molar-refractivity contribution in [3.05, 3.63) is 28.8 Å². The van der Waals surface area contributed by atoms with E-state index in [0.29, 0.717) is 6.42 Å². The van der Waals surface area contributed by atoms with Crippen LogP contribution in [-0.4, -0.2) is 38.2 Å². The Kier molecular flexibility index (Phi) is 6.29. The Morgan fingerprint density at radius 3 is 2.62 bits per heavy atom. The van der Waals surface area contributed by atoms with Crippen LogP contribution in [0.3, 0.4) is 0 Å². The van der Waals surface area contributed by atoms with E-state index in [1.165, 1.54) is 0 Å². The van der Waals surface area contributed by atoms with Gasteiger partial charge in [0.1, 0.15) is 0 Å². The van der Waals surface area contributed by atoms with Crippen LogP contribution in [0.15, 0.2) is 18.2 Å². The molecule has 0 saturated carbocycles. The Morgan fingerprint density at radius 1 is 1.38 bits per heavy atom. The molecule has 4 nitrogen and oxygen atoms in total. The number of amides is 1. The largest absolute Gasteiger partial charge is 0.449 e. The van der Waals surface area contributed by atoms with E-state index in [4.69, 9.17) is 16.3 Å². The van der Waals surface area contributed by atoms with Crippen molar-refractivity contribution in [3.8, 4) is 0 Å². The smallest absolute Gasteiger partial charge is 0.416 e. The van der Waals surface area contributed by atoms with Crippen LogP contribution < -0.4 is 5.32 Å². The average Bonchev–Trinajstić information content (AvgIpc) is 2.36. The van der Waals surface area contributed by atoms with E-state index in [0.717, 1.165) is 24.7 Å². The van der Waals surface area contributed by atoms with Crippen LogP contribution in [0.25, 0.3) is 0 Å². The first-order valence-electron chi connectivity index (χ1n) is 6.15. The maximum Gasteiger partial charge on any atom is 0.416 e. The highest BCUT2D eigenvalue weighted by Crippen LogP contribution is 2.33. The lowest BCUT2D eigenvalue weighted by molar-refractivity contribution is -0.137. The molecule has 0 aliphatic carbocycles. The molecular formula is C13H16ClF3N2O2. The highest BCUT2D eigenvalue weighted by molar-refractivity contribution is 6.33. The Hall–Kier alpha value is -1.47. The number of carbonyl (C=O) groups excluding carboxylic acids is 1. The summed E-state index contributed by atoms with van der Waals surface area (Å²) in [5, 5.41) is 2.21. The van der Waals surface area contributed by atoms with Crippen molar-refractivity contribution < 1.29 is 22.7 Å². The van der Waals surface area contributed by atoms with Gasteiger partial charge in [0.05, 0.1) is 22.9 Å². The number of alkyl halides is 3. The number of ether oxygens (including phenoxy) is 1. The predicted molar refractivity (Wildman–Crippen MR) is 74.6 cm³/mol. The van der Waals surface area contributed by atoms with Gasteiger partial charge in [-0.15, -0.1) is 0 Å². The number of hydrogen-bond donors (Lipinski definition) is 1. The number of benzene rings is 1.